The highest BCUT2D eigenvalue weighted by molar-refractivity contribution is 7.99. The summed E-state index contributed by atoms with van der Waals surface area (Å²) >= 11 is 1.91. The number of hydrogen-bond donors (Lipinski definition) is 1. The molecule has 0 aliphatic heterocycles. The van der Waals surface area contributed by atoms with Crippen molar-refractivity contribution in [1.29, 1.82) is 0 Å². The predicted octanol–water partition coefficient (Wildman–Crippen LogP) is 2.30. The third kappa shape index (κ3) is 17.2. The number of carbonyl (C=O) groups excluding carboxylic acids is 2. The molecule has 0 aliphatic carbocycles. The summed E-state index contributed by atoms with van der Waals surface area (Å²) in [5.41, 5.74) is 5.09. The first kappa shape index (κ1) is 19.1. The molecule has 0 fully saturated rings. The van der Waals surface area contributed by atoms with Gasteiger partial charge in [-0.3, -0.25) is 4.79 Å². The molecule has 0 aromatic carbocycles. The van der Waals surface area contributed by atoms with Crippen molar-refractivity contribution in [1.82, 2.24) is 0 Å². The zero-order chi connectivity index (χ0) is 14.4. The fraction of sp³-hybridized carbons (Fsp3) is 0.538. The van der Waals surface area contributed by atoms with Gasteiger partial charge in [-0.25, -0.2) is 4.79 Å². The van der Waals surface area contributed by atoms with Gasteiger partial charge in [0.1, 0.15) is 0 Å². The number of nitrogens with two attached hydrogens (primary N) is 1. The van der Waals surface area contributed by atoms with Gasteiger partial charge in [0.25, 0.3) is 0 Å². The van der Waals surface area contributed by atoms with Gasteiger partial charge >= 0.3 is 5.97 Å². The first-order valence-corrected chi connectivity index (χ1v) is 6.93. The minimum atomic E-state index is -0.435. The van der Waals surface area contributed by atoms with Crippen molar-refractivity contribution in [2.45, 2.75) is 26.7 Å². The fourth-order valence-electron chi connectivity index (χ4n) is 0.682. The average Bonchev–Trinajstić information content (AvgIpc) is 2.33. The summed E-state index contributed by atoms with van der Waals surface area (Å²) in [6.45, 7) is 10.8. The van der Waals surface area contributed by atoms with E-state index in [-0.39, 0.29) is 5.97 Å². The third-order valence-corrected chi connectivity index (χ3v) is 2.70. The minimum Gasteiger partial charge on any atom is -0.463 e. The van der Waals surface area contributed by atoms with Crippen LogP contribution >= 0.6 is 11.8 Å². The normalized spacial score (nSPS) is 8.78. The van der Waals surface area contributed by atoms with E-state index in [1.807, 2.05) is 11.8 Å². The van der Waals surface area contributed by atoms with Crippen LogP contribution in [0.2, 0.25) is 0 Å². The van der Waals surface area contributed by atoms with Gasteiger partial charge < -0.3 is 10.5 Å². The first-order chi connectivity index (χ1) is 8.45. The maximum Gasteiger partial charge on any atom is 0.330 e. The van der Waals surface area contributed by atoms with Gasteiger partial charge in [0.2, 0.25) is 5.91 Å². The van der Waals surface area contributed by atoms with Gasteiger partial charge in [0.05, 0.1) is 6.61 Å². The number of amides is 1. The first-order valence-electron chi connectivity index (χ1n) is 5.77. The van der Waals surface area contributed by atoms with Crippen LogP contribution < -0.4 is 5.73 Å². The molecule has 0 heterocycles. The van der Waals surface area contributed by atoms with Crippen molar-refractivity contribution < 1.29 is 14.3 Å². The Morgan fingerprint density at radius 1 is 1.39 bits per heavy atom. The lowest BCUT2D eigenvalue weighted by Gasteiger charge is -2.00. The highest BCUT2D eigenvalue weighted by Crippen LogP contribution is 2.03. The molecule has 1 amide bonds. The van der Waals surface area contributed by atoms with Gasteiger partial charge in [0, 0.05) is 11.6 Å². The summed E-state index contributed by atoms with van der Waals surface area (Å²) < 4.78 is 4.81. The van der Waals surface area contributed by atoms with E-state index >= 15 is 0 Å². The van der Waals surface area contributed by atoms with Crippen molar-refractivity contribution in [3.8, 4) is 0 Å². The molecule has 2 N–H and O–H groups in total. The topological polar surface area (TPSA) is 69.4 Å². The van der Waals surface area contributed by atoms with E-state index < -0.39 is 5.91 Å². The van der Waals surface area contributed by atoms with Gasteiger partial charge in [0.15, 0.2) is 0 Å². The van der Waals surface area contributed by atoms with E-state index in [1.165, 1.54) is 6.08 Å². The Bertz CT molecular complexity index is 265. The van der Waals surface area contributed by atoms with Gasteiger partial charge in [-0.05, 0) is 31.3 Å². The Labute approximate surface area is 114 Å². The SMILES string of the molecule is C=C(C)C(N)=O.C=CC(=O)OCCCCSCC. The summed E-state index contributed by atoms with van der Waals surface area (Å²) in [5.74, 6) is 1.56. The quantitative estimate of drug-likeness (QED) is 0.418. The Hall–Kier alpha value is -1.23. The van der Waals surface area contributed by atoms with E-state index in [9.17, 15) is 9.59 Å². The Morgan fingerprint density at radius 2 is 1.94 bits per heavy atom. The second-order valence-corrected chi connectivity index (χ2v) is 4.81. The Kier molecular flexibility index (Phi) is 14.7. The second kappa shape index (κ2) is 13.8. The van der Waals surface area contributed by atoms with Crippen LogP contribution in [0.15, 0.2) is 24.8 Å². The average molecular weight is 273 g/mol. The summed E-state index contributed by atoms with van der Waals surface area (Å²) in [6.07, 6.45) is 3.26. The van der Waals surface area contributed by atoms with Crippen LogP contribution in [0.5, 0.6) is 0 Å². The van der Waals surface area contributed by atoms with Crippen LogP contribution in [-0.4, -0.2) is 30.0 Å². The van der Waals surface area contributed by atoms with Crippen LogP contribution in [0.3, 0.4) is 0 Å². The standard InChI is InChI=1S/C9H16O2S.C4H7NO/c1-3-9(10)11-7-5-6-8-12-4-2;1-3(2)4(5)6/h3H,1,4-8H2,2H3;1H2,2H3,(H2,5,6). The molecule has 0 aromatic heterocycles. The Balaban J connectivity index is 0. The molecule has 0 radical (unpaired) electrons. The molecule has 18 heavy (non-hydrogen) atoms. The number of hydrogen-bond acceptors (Lipinski definition) is 4. The third-order valence-electron chi connectivity index (χ3n) is 1.72. The molecule has 5 heteroatoms. The summed E-state index contributed by atoms with van der Waals surface area (Å²) in [7, 11) is 0. The molecule has 0 unspecified atom stereocenters. The molecule has 0 aromatic rings. The van der Waals surface area contributed by atoms with E-state index in [1.54, 1.807) is 6.92 Å². The van der Waals surface area contributed by atoms with Crippen LogP contribution in [-0.2, 0) is 14.3 Å². The highest BCUT2D eigenvalue weighted by Gasteiger charge is 1.94. The van der Waals surface area contributed by atoms with E-state index in [2.05, 4.69) is 20.1 Å². The maximum absolute atomic E-state index is 10.6. The predicted molar refractivity (Wildman–Crippen MR) is 77.4 cm³/mol. The zero-order valence-electron chi connectivity index (χ0n) is 11.2. The number of rotatable bonds is 8. The molecule has 0 saturated carbocycles. The van der Waals surface area contributed by atoms with Crippen LogP contribution in [0.1, 0.15) is 26.7 Å². The minimum absolute atomic E-state index is 0.321. The molecule has 0 aliphatic rings. The number of ether oxygens (including phenoxy) is 1. The smallest absolute Gasteiger partial charge is 0.330 e. The largest absolute Gasteiger partial charge is 0.463 e. The van der Waals surface area contributed by atoms with Crippen molar-refractivity contribution in [2.24, 2.45) is 5.73 Å². The van der Waals surface area contributed by atoms with E-state index in [4.69, 9.17) is 10.5 Å². The molecule has 0 bridgehead atoms. The Morgan fingerprint density at radius 3 is 2.33 bits per heavy atom. The molecule has 104 valence electrons. The van der Waals surface area contributed by atoms with Crippen molar-refractivity contribution >= 4 is 23.6 Å². The molecule has 0 spiro atoms. The number of esters is 1. The number of unbranched alkanes of at least 4 members (excludes halogenated alkanes) is 1. The lowest BCUT2D eigenvalue weighted by molar-refractivity contribution is -0.137. The lowest BCUT2D eigenvalue weighted by atomic mass is 10.3. The maximum atomic E-state index is 10.6. The van der Waals surface area contributed by atoms with E-state index in [0.717, 1.165) is 24.3 Å². The van der Waals surface area contributed by atoms with Gasteiger partial charge in [-0.15, -0.1) is 0 Å². The van der Waals surface area contributed by atoms with Crippen molar-refractivity contribution in [3.05, 3.63) is 24.8 Å². The molecular weight excluding hydrogens is 250 g/mol. The fourth-order valence-corrected chi connectivity index (χ4v) is 1.38. The van der Waals surface area contributed by atoms with Crippen LogP contribution in [0.25, 0.3) is 0 Å². The summed E-state index contributed by atoms with van der Waals surface area (Å²) in [4.78, 5) is 20.4. The molecule has 0 saturated heterocycles. The van der Waals surface area contributed by atoms with Crippen molar-refractivity contribution in [3.63, 3.8) is 0 Å². The van der Waals surface area contributed by atoms with Crippen LogP contribution in [0, 0.1) is 0 Å². The van der Waals surface area contributed by atoms with Gasteiger partial charge in [-0.2, -0.15) is 11.8 Å². The molecular formula is C13H23NO3S. The van der Waals surface area contributed by atoms with Crippen molar-refractivity contribution in [2.75, 3.05) is 18.1 Å². The monoisotopic (exact) mass is 273 g/mol. The zero-order valence-corrected chi connectivity index (χ0v) is 12.1. The number of carbonyl (C=O) groups is 2. The van der Waals surface area contributed by atoms with Crippen LogP contribution in [0.4, 0.5) is 0 Å². The lowest BCUT2D eigenvalue weighted by Crippen LogP contribution is -2.10. The van der Waals surface area contributed by atoms with E-state index in [0.29, 0.717) is 12.2 Å². The molecule has 4 nitrogen and oxygen atoms in total. The summed E-state index contributed by atoms with van der Waals surface area (Å²) in [6, 6.07) is 0. The second-order valence-electron chi connectivity index (χ2n) is 3.42. The summed E-state index contributed by atoms with van der Waals surface area (Å²) in [5, 5.41) is 0. The number of primary amides is 1. The molecule has 0 rings (SSSR count). The number of thioether (sulfide) groups is 1. The van der Waals surface area contributed by atoms with Gasteiger partial charge in [-0.1, -0.05) is 20.1 Å². The molecule has 0 atom stereocenters. The highest BCUT2D eigenvalue weighted by atomic mass is 32.2.